The molecule has 1 aromatic rings. The minimum absolute atomic E-state index is 0.133. The van der Waals surface area contributed by atoms with Gasteiger partial charge in [0.15, 0.2) is 5.66 Å². The van der Waals surface area contributed by atoms with Crippen LogP contribution in [0.4, 0.5) is 5.69 Å². The summed E-state index contributed by atoms with van der Waals surface area (Å²) in [7, 11) is 1.22. The van der Waals surface area contributed by atoms with Crippen LogP contribution < -0.4 is 0 Å². The van der Waals surface area contributed by atoms with Crippen molar-refractivity contribution in [2.75, 3.05) is 7.11 Å². The number of nitrogens with zero attached hydrogens (tertiary/aromatic N) is 3. The summed E-state index contributed by atoms with van der Waals surface area (Å²) in [4.78, 5) is 55.5. The largest absolute Gasteiger partial charge is 0.466 e. The number of nitro benzene ring substituents is 1. The van der Waals surface area contributed by atoms with E-state index >= 15 is 0 Å². The van der Waals surface area contributed by atoms with Crippen molar-refractivity contribution in [2.45, 2.75) is 58.2 Å². The Hall–Kier alpha value is -4.08. The van der Waals surface area contributed by atoms with Crippen LogP contribution in [0.3, 0.4) is 0 Å². The molecule has 0 saturated carbocycles. The number of esters is 2. The van der Waals surface area contributed by atoms with Crippen LogP contribution in [0, 0.1) is 10.1 Å². The highest BCUT2D eigenvalue weighted by molar-refractivity contribution is 5.94. The van der Waals surface area contributed by atoms with Gasteiger partial charge in [0.1, 0.15) is 11.9 Å². The number of nitro groups is 1. The van der Waals surface area contributed by atoms with E-state index in [4.69, 9.17) is 9.47 Å². The highest BCUT2D eigenvalue weighted by Gasteiger charge is 2.49. The number of rotatable bonds is 7. The lowest BCUT2D eigenvalue weighted by molar-refractivity contribution is -0.385. The number of allylic oxidation sites excluding steroid dienone is 4. The highest BCUT2D eigenvalue weighted by Crippen LogP contribution is 2.46. The average molecular weight is 496 g/mol. The smallest absolute Gasteiger partial charge is 0.336 e. The van der Waals surface area contributed by atoms with E-state index in [2.05, 4.69) is 4.99 Å². The van der Waals surface area contributed by atoms with Crippen LogP contribution in [-0.4, -0.2) is 52.6 Å². The molecule has 0 amide bonds. The molecular weight excluding hydrogens is 466 g/mol. The summed E-state index contributed by atoms with van der Waals surface area (Å²) in [6.45, 7) is 8.56. The first kappa shape index (κ1) is 26.5. The molecule has 0 saturated heterocycles. The Morgan fingerprint density at radius 1 is 1.25 bits per heavy atom. The van der Waals surface area contributed by atoms with Gasteiger partial charge in [0, 0.05) is 40.7 Å². The third-order valence-corrected chi connectivity index (χ3v) is 5.98. The third kappa shape index (κ3) is 4.84. The molecule has 0 aliphatic carbocycles. The van der Waals surface area contributed by atoms with Crippen molar-refractivity contribution in [2.24, 2.45) is 4.99 Å². The molecule has 0 fully saturated rings. The number of carbonyl (C=O) groups excluding carboxylic acids is 3. The molecule has 2 atom stereocenters. The maximum absolute atomic E-state index is 13.1. The number of aliphatic imine (C=N–C) groups is 1. The number of hydrogen-bond donors (Lipinski definition) is 0. The van der Waals surface area contributed by atoms with Gasteiger partial charge < -0.3 is 14.4 Å². The Kier molecular flexibility index (Phi) is 7.28. The van der Waals surface area contributed by atoms with Gasteiger partial charge in [-0.15, -0.1) is 0 Å². The quantitative estimate of drug-likeness (QED) is 0.240. The summed E-state index contributed by atoms with van der Waals surface area (Å²) in [6.07, 6.45) is 4.92. The Morgan fingerprint density at radius 3 is 2.50 bits per heavy atom. The Balaban J connectivity index is 2.23. The molecule has 190 valence electrons. The van der Waals surface area contributed by atoms with E-state index in [1.54, 1.807) is 63.8 Å². The Bertz CT molecular complexity index is 1240. The summed E-state index contributed by atoms with van der Waals surface area (Å²) in [5, 5.41) is 11.7. The van der Waals surface area contributed by atoms with E-state index in [0.29, 0.717) is 23.2 Å². The second-order valence-corrected chi connectivity index (χ2v) is 9.53. The van der Waals surface area contributed by atoms with E-state index in [1.807, 2.05) is 0 Å². The van der Waals surface area contributed by atoms with Crippen LogP contribution >= 0.6 is 0 Å². The van der Waals surface area contributed by atoms with Crippen LogP contribution in [0.15, 0.2) is 64.0 Å². The zero-order valence-electron chi connectivity index (χ0n) is 21.1. The molecule has 0 N–H and O–H groups in total. The van der Waals surface area contributed by atoms with Crippen molar-refractivity contribution in [1.82, 2.24) is 4.90 Å². The van der Waals surface area contributed by atoms with Crippen molar-refractivity contribution >= 4 is 30.1 Å². The monoisotopic (exact) mass is 495 g/mol. The maximum Gasteiger partial charge on any atom is 0.336 e. The first-order valence-electron chi connectivity index (χ1n) is 11.3. The third-order valence-electron chi connectivity index (χ3n) is 5.98. The lowest BCUT2D eigenvalue weighted by Crippen LogP contribution is -2.50. The zero-order chi connectivity index (χ0) is 26.8. The van der Waals surface area contributed by atoms with Gasteiger partial charge in [-0.2, -0.15) is 0 Å². The molecule has 10 nitrogen and oxygen atoms in total. The van der Waals surface area contributed by atoms with Crippen LogP contribution in [-0.2, 0) is 23.9 Å². The fourth-order valence-electron chi connectivity index (χ4n) is 4.70. The number of hydrogen-bond acceptors (Lipinski definition) is 9. The van der Waals surface area contributed by atoms with Crippen molar-refractivity contribution in [3.63, 3.8) is 0 Å². The van der Waals surface area contributed by atoms with Gasteiger partial charge >= 0.3 is 11.9 Å². The molecule has 3 rings (SSSR count). The SMILES string of the molecule is COC(=O)C1=C(C)N(C2(CC(=O)OC(C)(C)C)N=CC=C2C=O)C(C)=CC1c1ccccc1[N+](=O)[O-]. The Labute approximate surface area is 209 Å². The van der Waals surface area contributed by atoms with Gasteiger partial charge in [0.2, 0.25) is 0 Å². The Morgan fingerprint density at radius 2 is 1.92 bits per heavy atom. The van der Waals surface area contributed by atoms with Gasteiger partial charge in [-0.3, -0.25) is 24.7 Å². The predicted molar refractivity (Wildman–Crippen MR) is 132 cm³/mol. The topological polar surface area (TPSA) is 128 Å². The molecule has 1 aromatic carbocycles. The maximum atomic E-state index is 13.1. The van der Waals surface area contributed by atoms with Gasteiger partial charge in [0.05, 0.1) is 24.0 Å². The van der Waals surface area contributed by atoms with Gasteiger partial charge in [-0.05, 0) is 40.7 Å². The standard InChI is InChI=1S/C26H29N3O7/c1-16-13-20(19-9-7-8-10-21(19)29(33)34)23(24(32)35-6)17(2)28(16)26(18(15-30)11-12-27-26)14-22(31)36-25(3,4)5/h7-13,15,20H,14H2,1-6H3. The number of ether oxygens (including phenoxy) is 2. The molecule has 0 bridgehead atoms. The molecule has 2 heterocycles. The number of methoxy groups -OCH3 is 1. The van der Waals surface area contributed by atoms with Crippen molar-refractivity contribution < 1.29 is 28.8 Å². The molecule has 0 radical (unpaired) electrons. The van der Waals surface area contributed by atoms with Crippen molar-refractivity contribution in [3.8, 4) is 0 Å². The lowest BCUT2D eigenvalue weighted by Gasteiger charge is -2.45. The minimum atomic E-state index is -1.50. The molecule has 0 spiro atoms. The first-order chi connectivity index (χ1) is 16.9. The average Bonchev–Trinajstić information content (AvgIpc) is 3.19. The fraction of sp³-hybridized carbons (Fsp3) is 0.385. The van der Waals surface area contributed by atoms with E-state index in [-0.39, 0.29) is 23.3 Å². The molecule has 2 unspecified atom stereocenters. The molecular formula is C26H29N3O7. The summed E-state index contributed by atoms with van der Waals surface area (Å²) < 4.78 is 10.6. The van der Waals surface area contributed by atoms with Crippen LogP contribution in [0.2, 0.25) is 0 Å². The van der Waals surface area contributed by atoms with Crippen molar-refractivity contribution in [3.05, 3.63) is 74.6 Å². The van der Waals surface area contributed by atoms with Gasteiger partial charge in [-0.25, -0.2) is 4.79 Å². The van der Waals surface area contributed by atoms with E-state index in [9.17, 15) is 24.5 Å². The van der Waals surface area contributed by atoms with E-state index in [1.165, 1.54) is 25.5 Å². The molecule has 2 aliphatic rings. The molecule has 10 heteroatoms. The van der Waals surface area contributed by atoms with Crippen molar-refractivity contribution in [1.29, 1.82) is 0 Å². The molecule has 2 aliphatic heterocycles. The predicted octanol–water partition coefficient (Wildman–Crippen LogP) is 3.98. The van der Waals surface area contributed by atoms with Crippen LogP contribution in [0.1, 0.15) is 52.5 Å². The number of carbonyl (C=O) groups is 3. The summed E-state index contributed by atoms with van der Waals surface area (Å²) in [5.41, 5.74) is -0.880. The van der Waals surface area contributed by atoms with Gasteiger partial charge in [-0.1, -0.05) is 24.3 Å². The lowest BCUT2D eigenvalue weighted by atomic mass is 9.83. The first-order valence-corrected chi connectivity index (χ1v) is 11.3. The van der Waals surface area contributed by atoms with E-state index < -0.39 is 34.0 Å². The number of aldehydes is 1. The fourth-order valence-corrected chi connectivity index (χ4v) is 4.70. The summed E-state index contributed by atoms with van der Waals surface area (Å²) in [6, 6.07) is 6.15. The summed E-state index contributed by atoms with van der Waals surface area (Å²) in [5.74, 6) is -2.09. The normalized spacial score (nSPS) is 21.6. The van der Waals surface area contributed by atoms with E-state index in [0.717, 1.165) is 0 Å². The number of benzene rings is 1. The van der Waals surface area contributed by atoms with Crippen LogP contribution in [0.5, 0.6) is 0 Å². The second-order valence-electron chi connectivity index (χ2n) is 9.53. The molecule has 36 heavy (non-hydrogen) atoms. The number of para-hydroxylation sites is 1. The van der Waals surface area contributed by atoms with Crippen LogP contribution in [0.25, 0.3) is 0 Å². The molecule has 0 aromatic heterocycles. The highest BCUT2D eigenvalue weighted by atomic mass is 16.6. The van der Waals surface area contributed by atoms with Gasteiger partial charge in [0.25, 0.3) is 5.69 Å². The minimum Gasteiger partial charge on any atom is -0.466 e. The zero-order valence-corrected chi connectivity index (χ0v) is 21.1. The summed E-state index contributed by atoms with van der Waals surface area (Å²) >= 11 is 0. The second kappa shape index (κ2) is 9.88.